The molecule has 0 aromatic heterocycles. The van der Waals surface area contributed by atoms with Gasteiger partial charge in [-0.2, -0.15) is 0 Å². The maximum atomic E-state index is 12.3. The van der Waals surface area contributed by atoms with Crippen LogP contribution in [0.3, 0.4) is 0 Å². The second-order valence-electron chi connectivity index (χ2n) is 8.00. The number of nitrogens with zero attached hydrogens (tertiary/aromatic N) is 1. The van der Waals surface area contributed by atoms with Gasteiger partial charge in [0.2, 0.25) is 10.0 Å². The molecule has 1 aliphatic heterocycles. The molecule has 26 heavy (non-hydrogen) atoms. The van der Waals surface area contributed by atoms with Gasteiger partial charge in [0.15, 0.2) is 0 Å². The van der Waals surface area contributed by atoms with Gasteiger partial charge in [0.25, 0.3) is 0 Å². The molecule has 2 N–H and O–H groups in total. The fourth-order valence-corrected chi connectivity index (χ4v) is 4.96. The third-order valence-electron chi connectivity index (χ3n) is 5.66. The molecule has 0 spiro atoms. The molecule has 2 unspecified atom stereocenters. The number of likely N-dealkylation sites (tertiary alicyclic amines) is 1. The lowest BCUT2D eigenvalue weighted by Crippen LogP contribution is -2.51. The maximum Gasteiger partial charge on any atom is 0.317 e. The summed E-state index contributed by atoms with van der Waals surface area (Å²) >= 11 is 0. The quantitative estimate of drug-likeness (QED) is 0.696. The first-order chi connectivity index (χ1) is 12.2. The van der Waals surface area contributed by atoms with Crippen molar-refractivity contribution in [3.63, 3.8) is 0 Å². The van der Waals surface area contributed by atoms with E-state index in [9.17, 15) is 13.2 Å². The number of sulfonamides is 1. The van der Waals surface area contributed by atoms with Crippen molar-refractivity contribution in [3.05, 3.63) is 0 Å². The second kappa shape index (κ2) is 9.37. The van der Waals surface area contributed by atoms with Crippen LogP contribution in [0, 0.1) is 11.8 Å². The number of carbonyl (C=O) groups is 1. The van der Waals surface area contributed by atoms with Crippen LogP contribution in [-0.4, -0.2) is 63.5 Å². The van der Waals surface area contributed by atoms with Gasteiger partial charge in [0.1, 0.15) is 0 Å². The number of nitrogens with one attached hydrogen (secondary N) is 2. The zero-order chi connectivity index (χ0) is 19.3. The SMILES string of the molecule is CCNC(=O)N1CCC(NS(C)(=O)=O)C1COC1CCC(C(C)C)CC1. The number of amides is 2. The molecule has 2 aliphatic rings. The molecule has 152 valence electrons. The largest absolute Gasteiger partial charge is 0.376 e. The first-order valence-electron chi connectivity index (χ1n) is 9.84. The molecule has 8 heteroatoms. The summed E-state index contributed by atoms with van der Waals surface area (Å²) in [7, 11) is -3.33. The molecule has 1 saturated carbocycles. The van der Waals surface area contributed by atoms with Crippen LogP contribution in [0.2, 0.25) is 0 Å². The molecule has 1 heterocycles. The number of urea groups is 1. The molecule has 7 nitrogen and oxygen atoms in total. The normalized spacial score (nSPS) is 30.0. The zero-order valence-electron chi connectivity index (χ0n) is 16.5. The Morgan fingerprint density at radius 3 is 2.38 bits per heavy atom. The summed E-state index contributed by atoms with van der Waals surface area (Å²) < 4.78 is 32.2. The van der Waals surface area contributed by atoms with Gasteiger partial charge in [-0.25, -0.2) is 17.9 Å². The van der Waals surface area contributed by atoms with Gasteiger partial charge in [0, 0.05) is 19.1 Å². The van der Waals surface area contributed by atoms with E-state index in [1.54, 1.807) is 4.90 Å². The Balaban J connectivity index is 1.95. The average Bonchev–Trinajstić information content (AvgIpc) is 2.94. The Bertz CT molecular complexity index is 559. The van der Waals surface area contributed by atoms with Gasteiger partial charge in [-0.05, 0) is 50.9 Å². The molecule has 2 amide bonds. The molecular weight excluding hydrogens is 354 g/mol. The molecule has 2 atom stereocenters. The molecule has 0 aromatic carbocycles. The van der Waals surface area contributed by atoms with E-state index < -0.39 is 10.0 Å². The Morgan fingerprint density at radius 2 is 1.85 bits per heavy atom. The van der Waals surface area contributed by atoms with E-state index in [1.807, 2.05) is 6.92 Å². The van der Waals surface area contributed by atoms with E-state index in [0.29, 0.717) is 32.0 Å². The van der Waals surface area contributed by atoms with Gasteiger partial charge in [-0.15, -0.1) is 0 Å². The molecule has 1 saturated heterocycles. The Morgan fingerprint density at radius 1 is 1.19 bits per heavy atom. The van der Waals surface area contributed by atoms with Crippen LogP contribution >= 0.6 is 0 Å². The molecule has 0 aromatic rings. The number of carbonyl (C=O) groups excluding carboxylic acids is 1. The van der Waals surface area contributed by atoms with Crippen LogP contribution in [0.4, 0.5) is 4.79 Å². The van der Waals surface area contributed by atoms with Crippen LogP contribution < -0.4 is 10.0 Å². The minimum absolute atomic E-state index is 0.151. The van der Waals surface area contributed by atoms with Crippen molar-refractivity contribution in [2.45, 2.75) is 71.1 Å². The van der Waals surface area contributed by atoms with Gasteiger partial charge < -0.3 is 15.0 Å². The standard InChI is InChI=1S/C18H35N3O4S/c1-5-19-18(22)21-11-10-16(20-26(4,23)24)17(21)12-25-15-8-6-14(7-9-15)13(2)3/h13-17,20H,5-12H2,1-4H3,(H,19,22). The highest BCUT2D eigenvalue weighted by Gasteiger charge is 2.39. The van der Waals surface area contributed by atoms with Crippen LogP contribution in [0.25, 0.3) is 0 Å². The van der Waals surface area contributed by atoms with E-state index in [2.05, 4.69) is 23.9 Å². The number of ether oxygens (including phenoxy) is 1. The fraction of sp³-hybridized carbons (Fsp3) is 0.944. The summed E-state index contributed by atoms with van der Waals surface area (Å²) in [4.78, 5) is 14.0. The van der Waals surface area contributed by atoms with Crippen LogP contribution in [-0.2, 0) is 14.8 Å². The number of rotatable bonds is 7. The van der Waals surface area contributed by atoms with Gasteiger partial charge in [-0.1, -0.05) is 13.8 Å². The van der Waals surface area contributed by atoms with Crippen LogP contribution in [0.5, 0.6) is 0 Å². The summed E-state index contributed by atoms with van der Waals surface area (Å²) in [6.45, 7) is 7.88. The van der Waals surface area contributed by atoms with Crippen molar-refractivity contribution in [2.24, 2.45) is 11.8 Å². The first kappa shape index (κ1) is 21.4. The average molecular weight is 390 g/mol. The van der Waals surface area contributed by atoms with E-state index >= 15 is 0 Å². The van der Waals surface area contributed by atoms with E-state index in [-0.39, 0.29) is 24.2 Å². The Kier molecular flexibility index (Phi) is 7.73. The highest BCUT2D eigenvalue weighted by molar-refractivity contribution is 7.88. The van der Waals surface area contributed by atoms with Crippen molar-refractivity contribution in [1.82, 2.24) is 14.9 Å². The van der Waals surface area contributed by atoms with E-state index in [0.717, 1.165) is 25.0 Å². The zero-order valence-corrected chi connectivity index (χ0v) is 17.3. The van der Waals surface area contributed by atoms with Crippen molar-refractivity contribution < 1.29 is 17.9 Å². The number of hydrogen-bond acceptors (Lipinski definition) is 4. The summed E-state index contributed by atoms with van der Waals surface area (Å²) in [5.74, 6) is 1.48. The molecule has 0 bridgehead atoms. The predicted octanol–water partition coefficient (Wildman–Crippen LogP) is 1.94. The molecule has 0 radical (unpaired) electrons. The van der Waals surface area contributed by atoms with Crippen molar-refractivity contribution in [1.29, 1.82) is 0 Å². The van der Waals surface area contributed by atoms with Gasteiger partial charge in [0.05, 0.1) is 25.0 Å². The lowest BCUT2D eigenvalue weighted by Gasteiger charge is -2.33. The Hall–Kier alpha value is -0.860. The highest BCUT2D eigenvalue weighted by atomic mass is 32.2. The van der Waals surface area contributed by atoms with Gasteiger partial charge in [-0.3, -0.25) is 0 Å². The van der Waals surface area contributed by atoms with Crippen molar-refractivity contribution in [2.75, 3.05) is 26.0 Å². The minimum atomic E-state index is -3.33. The van der Waals surface area contributed by atoms with E-state index in [4.69, 9.17) is 4.74 Å². The summed E-state index contributed by atoms with van der Waals surface area (Å²) in [6, 6.07) is -0.707. The lowest BCUT2D eigenvalue weighted by atomic mass is 9.80. The third kappa shape index (κ3) is 6.09. The van der Waals surface area contributed by atoms with Crippen LogP contribution in [0.1, 0.15) is 52.9 Å². The molecule has 2 rings (SSSR count). The van der Waals surface area contributed by atoms with Crippen LogP contribution in [0.15, 0.2) is 0 Å². The third-order valence-corrected chi connectivity index (χ3v) is 6.40. The topological polar surface area (TPSA) is 87.7 Å². The summed E-state index contributed by atoms with van der Waals surface area (Å²) in [6.07, 6.45) is 6.42. The maximum absolute atomic E-state index is 12.3. The molecule has 1 aliphatic carbocycles. The minimum Gasteiger partial charge on any atom is -0.376 e. The van der Waals surface area contributed by atoms with Crippen molar-refractivity contribution in [3.8, 4) is 0 Å². The molecule has 2 fully saturated rings. The first-order valence-corrected chi connectivity index (χ1v) is 11.7. The lowest BCUT2D eigenvalue weighted by molar-refractivity contribution is -0.00922. The predicted molar refractivity (Wildman–Crippen MR) is 102 cm³/mol. The monoisotopic (exact) mass is 389 g/mol. The number of hydrogen-bond donors (Lipinski definition) is 2. The second-order valence-corrected chi connectivity index (χ2v) is 9.78. The summed E-state index contributed by atoms with van der Waals surface area (Å²) in [5.41, 5.74) is 0. The van der Waals surface area contributed by atoms with E-state index in [1.165, 1.54) is 12.8 Å². The Labute approximate surface area is 158 Å². The van der Waals surface area contributed by atoms with Gasteiger partial charge >= 0.3 is 6.03 Å². The fourth-order valence-electron chi connectivity index (χ4n) is 4.13. The highest BCUT2D eigenvalue weighted by Crippen LogP contribution is 2.31. The molecular formula is C18H35N3O4S. The van der Waals surface area contributed by atoms with Crippen molar-refractivity contribution >= 4 is 16.1 Å². The smallest absolute Gasteiger partial charge is 0.317 e. The summed E-state index contributed by atoms with van der Waals surface area (Å²) in [5, 5.41) is 2.81.